The maximum absolute atomic E-state index is 11.3. The molecule has 1 spiro atoms. The number of nitrogens with zero attached hydrogens (tertiary/aromatic N) is 1. The topological polar surface area (TPSA) is 137 Å². The quantitative estimate of drug-likeness (QED) is 0.0642. The Bertz CT molecular complexity index is 1670. The average molecular weight is 744 g/mol. The van der Waals surface area contributed by atoms with Crippen molar-refractivity contribution >= 4 is 16.7 Å². The predicted octanol–water partition coefficient (Wildman–Crippen LogP) is 8.07. The van der Waals surface area contributed by atoms with Crippen molar-refractivity contribution in [3.05, 3.63) is 48.4 Å². The molecule has 54 heavy (non-hydrogen) atoms. The van der Waals surface area contributed by atoms with E-state index in [9.17, 15) is 15.3 Å². The van der Waals surface area contributed by atoms with Crippen molar-refractivity contribution in [2.24, 2.45) is 57.1 Å². The summed E-state index contributed by atoms with van der Waals surface area (Å²) in [6.07, 6.45) is 22.1. The Balaban J connectivity index is 0.888. The molecule has 12 atom stereocenters. The van der Waals surface area contributed by atoms with E-state index in [1.807, 2.05) is 6.26 Å². The van der Waals surface area contributed by atoms with E-state index in [2.05, 4.69) is 37.4 Å². The van der Waals surface area contributed by atoms with Crippen LogP contribution in [0.15, 0.2) is 52.3 Å². The molecule has 5 aliphatic carbocycles. The van der Waals surface area contributed by atoms with Crippen molar-refractivity contribution in [3.63, 3.8) is 0 Å². The first-order valence-electron chi connectivity index (χ1n) is 21.8. The molecule has 5 saturated carbocycles. The Hall–Kier alpha value is -2.39. The van der Waals surface area contributed by atoms with Gasteiger partial charge < -0.3 is 35.5 Å². The van der Waals surface area contributed by atoms with Gasteiger partial charge in [0.25, 0.3) is 0 Å². The van der Waals surface area contributed by atoms with Gasteiger partial charge in [0.1, 0.15) is 0 Å². The average Bonchev–Trinajstić information content (AvgIpc) is 3.54. The van der Waals surface area contributed by atoms with Crippen LogP contribution in [0.25, 0.3) is 10.8 Å². The van der Waals surface area contributed by atoms with E-state index < -0.39 is 5.60 Å². The Morgan fingerprint density at radius 3 is 2.72 bits per heavy atom. The van der Waals surface area contributed by atoms with E-state index >= 15 is 0 Å². The summed E-state index contributed by atoms with van der Waals surface area (Å²) in [4.78, 5) is 4.91. The van der Waals surface area contributed by atoms with Gasteiger partial charge in [-0.1, -0.05) is 37.3 Å². The Kier molecular flexibility index (Phi) is 10.8. The standard InChI is InChI=1S/C46H69N3O5/c1-30-23-45(17-11-31(24-45)12-18-46(52)15-5-10-37(51)25-46)41-44(3,54-41)16-13-40-38(30)26-43(40,2)36-21-33(9-6-20-50)35(22-36)27-49-42(47)48-19-14-32-7-4-8-34-28-53-29-39(32)34/h4,7-8,28-29,31,33,35-38,40-41,50-52H,1,5-6,9-27H2,2-3H3,(H3,47,48,49). The summed E-state index contributed by atoms with van der Waals surface area (Å²) in [5.74, 6) is 4.08. The Morgan fingerprint density at radius 2 is 1.89 bits per heavy atom. The van der Waals surface area contributed by atoms with Crippen LogP contribution in [-0.2, 0) is 11.2 Å². The van der Waals surface area contributed by atoms with Gasteiger partial charge in [0, 0.05) is 42.3 Å². The smallest absolute Gasteiger partial charge is 0.188 e. The lowest BCUT2D eigenvalue weighted by Crippen LogP contribution is -2.51. The zero-order chi connectivity index (χ0) is 37.7. The lowest BCUT2D eigenvalue weighted by atomic mass is 9.46. The fraction of sp³-hybridized carbons (Fsp3) is 0.761. The molecule has 2 aromatic rings. The van der Waals surface area contributed by atoms with Crippen LogP contribution in [0.2, 0.25) is 0 Å². The van der Waals surface area contributed by atoms with Crippen molar-refractivity contribution < 1.29 is 24.5 Å². The van der Waals surface area contributed by atoms with Gasteiger partial charge in [0.05, 0.1) is 35.9 Å². The van der Waals surface area contributed by atoms with Gasteiger partial charge in [0.2, 0.25) is 0 Å². The number of fused-ring (bicyclic) bond motifs is 4. The number of nitrogens with one attached hydrogen (secondary N) is 1. The van der Waals surface area contributed by atoms with Crippen LogP contribution in [0.5, 0.6) is 0 Å². The van der Waals surface area contributed by atoms with Crippen molar-refractivity contribution in [2.45, 2.75) is 153 Å². The van der Waals surface area contributed by atoms with Gasteiger partial charge in [-0.3, -0.25) is 4.99 Å². The third kappa shape index (κ3) is 7.55. The molecule has 1 aromatic heterocycles. The lowest BCUT2D eigenvalue weighted by Gasteiger charge is -2.58. The van der Waals surface area contributed by atoms with Crippen molar-refractivity contribution in [1.82, 2.24) is 5.32 Å². The number of hydrogen-bond donors (Lipinski definition) is 5. The van der Waals surface area contributed by atoms with Crippen LogP contribution in [0.4, 0.5) is 0 Å². The summed E-state index contributed by atoms with van der Waals surface area (Å²) >= 11 is 0. The third-order valence-corrected chi connectivity index (χ3v) is 16.4. The van der Waals surface area contributed by atoms with Gasteiger partial charge in [-0.15, -0.1) is 0 Å². The van der Waals surface area contributed by atoms with E-state index in [1.54, 1.807) is 6.26 Å². The number of guanidine groups is 1. The van der Waals surface area contributed by atoms with Crippen molar-refractivity contribution in [3.8, 4) is 0 Å². The number of allylic oxidation sites excluding steroid dienone is 1. The lowest BCUT2D eigenvalue weighted by molar-refractivity contribution is -0.0702. The van der Waals surface area contributed by atoms with Gasteiger partial charge in [0.15, 0.2) is 5.96 Å². The number of hydrogen-bond acceptors (Lipinski definition) is 6. The van der Waals surface area contributed by atoms with Gasteiger partial charge in [-0.25, -0.2) is 0 Å². The van der Waals surface area contributed by atoms with Gasteiger partial charge in [-0.2, -0.15) is 0 Å². The molecule has 1 aromatic carbocycles. The highest BCUT2D eigenvalue weighted by molar-refractivity contribution is 5.84. The first kappa shape index (κ1) is 38.5. The second kappa shape index (κ2) is 15.2. The highest BCUT2D eigenvalue weighted by Crippen LogP contribution is 2.69. The van der Waals surface area contributed by atoms with Gasteiger partial charge >= 0.3 is 0 Å². The highest BCUT2D eigenvalue weighted by atomic mass is 16.6. The number of aliphatic hydroxyl groups is 3. The summed E-state index contributed by atoms with van der Waals surface area (Å²) in [5.41, 5.74) is 8.93. The molecule has 12 unspecified atom stereocenters. The molecule has 0 radical (unpaired) electrons. The Morgan fingerprint density at radius 1 is 1.04 bits per heavy atom. The molecule has 2 heterocycles. The van der Waals surface area contributed by atoms with Crippen LogP contribution in [0.3, 0.4) is 0 Å². The fourth-order valence-corrected chi connectivity index (χ4v) is 13.3. The second-order valence-electron chi connectivity index (χ2n) is 19.8. The summed E-state index contributed by atoms with van der Waals surface area (Å²) in [6.45, 7) is 11.6. The largest absolute Gasteiger partial charge is 0.471 e. The molecule has 1 saturated heterocycles. The molecule has 6 N–H and O–H groups in total. The van der Waals surface area contributed by atoms with Crippen LogP contribution < -0.4 is 11.1 Å². The van der Waals surface area contributed by atoms with E-state index in [0.29, 0.717) is 54.0 Å². The number of epoxide rings is 1. The van der Waals surface area contributed by atoms with Gasteiger partial charge in [-0.05, 0) is 163 Å². The summed E-state index contributed by atoms with van der Waals surface area (Å²) in [5, 5.41) is 37.0. The van der Waals surface area contributed by atoms with E-state index in [-0.39, 0.29) is 29.1 Å². The maximum atomic E-state index is 11.3. The molecule has 1 aliphatic heterocycles. The predicted molar refractivity (Wildman–Crippen MR) is 215 cm³/mol. The number of aliphatic imine (C=N–C) groups is 1. The minimum atomic E-state index is -0.687. The number of furan rings is 1. The first-order chi connectivity index (χ1) is 25.9. The minimum absolute atomic E-state index is 0.0294. The number of ether oxygens (including phenoxy) is 1. The number of benzene rings is 1. The minimum Gasteiger partial charge on any atom is -0.471 e. The molecule has 0 bridgehead atoms. The number of rotatable bonds is 12. The Labute approximate surface area is 323 Å². The van der Waals surface area contributed by atoms with Crippen molar-refractivity contribution in [1.29, 1.82) is 0 Å². The van der Waals surface area contributed by atoms with E-state index in [0.717, 1.165) is 88.1 Å². The molecule has 8 heteroatoms. The molecule has 298 valence electrons. The molecule has 6 aliphatic rings. The van der Waals surface area contributed by atoms with E-state index in [1.165, 1.54) is 56.1 Å². The molecule has 6 fully saturated rings. The number of aliphatic hydroxyl groups excluding tert-OH is 2. The van der Waals surface area contributed by atoms with Crippen LogP contribution in [0, 0.1) is 46.3 Å². The van der Waals surface area contributed by atoms with Crippen LogP contribution in [-0.4, -0.2) is 64.4 Å². The van der Waals surface area contributed by atoms with E-state index in [4.69, 9.17) is 26.5 Å². The monoisotopic (exact) mass is 744 g/mol. The molecule has 0 amide bonds. The normalized spacial score (nSPS) is 42.2. The summed E-state index contributed by atoms with van der Waals surface area (Å²) in [7, 11) is 0. The number of nitrogens with two attached hydrogens (primary N) is 1. The maximum Gasteiger partial charge on any atom is 0.188 e. The van der Waals surface area contributed by atoms with Crippen LogP contribution in [0.1, 0.15) is 129 Å². The molecular weight excluding hydrogens is 675 g/mol. The van der Waals surface area contributed by atoms with Crippen molar-refractivity contribution in [2.75, 3.05) is 19.7 Å². The summed E-state index contributed by atoms with van der Waals surface area (Å²) in [6, 6.07) is 6.30. The summed E-state index contributed by atoms with van der Waals surface area (Å²) < 4.78 is 12.2. The molecule has 8 nitrogen and oxygen atoms in total. The fourth-order valence-electron chi connectivity index (χ4n) is 13.3. The second-order valence-corrected chi connectivity index (χ2v) is 19.8. The SMILES string of the molecule is C=C1CC2(CCC(CCC3(O)CCCC(O)C3)C2)C2OC2(C)CCC2C1CC2(C)C1CC(CCCO)C(CN=C(N)NCCc2cccc3cocc23)C1. The zero-order valence-corrected chi connectivity index (χ0v) is 33.2. The highest BCUT2D eigenvalue weighted by Gasteiger charge is 2.67. The third-order valence-electron chi connectivity index (χ3n) is 16.4. The van der Waals surface area contributed by atoms with Crippen LogP contribution >= 0.6 is 0 Å². The molecule has 8 rings (SSSR count). The first-order valence-corrected chi connectivity index (χ1v) is 21.8. The molecular formula is C46H69N3O5. The zero-order valence-electron chi connectivity index (χ0n) is 33.2.